The molecule has 0 fully saturated rings. The van der Waals surface area contributed by atoms with E-state index in [0.717, 1.165) is 17.0 Å². The summed E-state index contributed by atoms with van der Waals surface area (Å²) in [4.78, 5) is 33.7. The average molecular weight is 358 g/mol. The van der Waals surface area contributed by atoms with Gasteiger partial charge in [-0.3, -0.25) is 0 Å². The number of H-pyrrole nitrogens is 1. The van der Waals surface area contributed by atoms with E-state index in [2.05, 4.69) is 20.0 Å². The molecule has 26 heavy (non-hydrogen) atoms. The first-order valence-electron chi connectivity index (χ1n) is 8.36. The Hall–Kier alpha value is -3.03. The predicted molar refractivity (Wildman–Crippen MR) is 93.8 cm³/mol. The van der Waals surface area contributed by atoms with Crippen molar-refractivity contribution in [2.24, 2.45) is 0 Å². The minimum absolute atomic E-state index is 0.343. The van der Waals surface area contributed by atoms with E-state index < -0.39 is 12.0 Å². The summed E-state index contributed by atoms with van der Waals surface area (Å²) in [6.45, 7) is 2.09. The van der Waals surface area contributed by atoms with Crippen LogP contribution in [0.4, 0.5) is 4.79 Å². The quantitative estimate of drug-likeness (QED) is 0.810. The van der Waals surface area contributed by atoms with Gasteiger partial charge in [-0.1, -0.05) is 12.1 Å². The van der Waals surface area contributed by atoms with Crippen LogP contribution in [-0.2, 0) is 16.0 Å². The maximum absolute atomic E-state index is 12.8. The molecule has 1 aromatic carbocycles. The molecule has 3 rings (SSSR count). The van der Waals surface area contributed by atoms with Crippen molar-refractivity contribution in [1.29, 1.82) is 0 Å². The molecule has 8 heteroatoms. The summed E-state index contributed by atoms with van der Waals surface area (Å²) >= 11 is 0. The Morgan fingerprint density at radius 1 is 1.38 bits per heavy atom. The summed E-state index contributed by atoms with van der Waals surface area (Å²) in [6.07, 6.45) is 2.30. The van der Waals surface area contributed by atoms with Crippen LogP contribution in [0.2, 0.25) is 0 Å². The van der Waals surface area contributed by atoms with Crippen molar-refractivity contribution >= 4 is 12.0 Å². The van der Waals surface area contributed by atoms with Crippen molar-refractivity contribution in [1.82, 2.24) is 20.2 Å². The van der Waals surface area contributed by atoms with Gasteiger partial charge in [-0.25, -0.2) is 14.6 Å². The third-order valence-electron chi connectivity index (χ3n) is 4.49. The number of rotatable bonds is 4. The van der Waals surface area contributed by atoms with Gasteiger partial charge in [0.25, 0.3) is 0 Å². The molecule has 2 N–H and O–H groups in total. The molecule has 8 nitrogen and oxygen atoms in total. The highest BCUT2D eigenvalue weighted by Crippen LogP contribution is 2.34. The molecule has 1 aromatic heterocycles. The first-order valence-corrected chi connectivity index (χ1v) is 8.36. The van der Waals surface area contributed by atoms with E-state index >= 15 is 0 Å². The number of benzene rings is 1. The lowest BCUT2D eigenvalue weighted by Crippen LogP contribution is -2.50. The van der Waals surface area contributed by atoms with Crippen molar-refractivity contribution in [2.75, 3.05) is 20.8 Å². The van der Waals surface area contributed by atoms with Crippen LogP contribution in [0.25, 0.3) is 0 Å². The number of methoxy groups -OCH3 is 2. The number of hydrogen-bond donors (Lipinski definition) is 2. The lowest BCUT2D eigenvalue weighted by atomic mass is 9.96. The van der Waals surface area contributed by atoms with Crippen LogP contribution < -0.4 is 10.1 Å². The number of aromatic amines is 1. The fraction of sp³-hybridized carbons (Fsp3) is 0.389. The third kappa shape index (κ3) is 3.35. The Labute approximate surface area is 151 Å². The molecule has 0 saturated carbocycles. The van der Waals surface area contributed by atoms with E-state index in [0.29, 0.717) is 18.7 Å². The number of urea groups is 1. The number of ether oxygens (including phenoxy) is 2. The first-order chi connectivity index (χ1) is 12.5. The number of amides is 2. The number of aromatic nitrogens is 2. The van der Waals surface area contributed by atoms with Crippen LogP contribution in [0.15, 0.2) is 30.6 Å². The minimum Gasteiger partial charge on any atom is -0.497 e. The molecule has 138 valence electrons. The number of nitrogens with zero attached hydrogens (tertiary/aromatic N) is 2. The predicted octanol–water partition coefficient (Wildman–Crippen LogP) is 1.64. The molecule has 1 aliphatic heterocycles. The molecule has 1 unspecified atom stereocenters. The highest BCUT2D eigenvalue weighted by atomic mass is 16.5. The van der Waals surface area contributed by atoms with Crippen molar-refractivity contribution in [3.05, 3.63) is 47.5 Å². The summed E-state index contributed by atoms with van der Waals surface area (Å²) in [7, 11) is 2.89. The Kier molecular flexibility index (Phi) is 5.11. The summed E-state index contributed by atoms with van der Waals surface area (Å²) in [5.74, 6) is 0.210. The van der Waals surface area contributed by atoms with Crippen LogP contribution in [0.5, 0.6) is 5.75 Å². The lowest BCUT2D eigenvalue weighted by molar-refractivity contribution is -0.142. The lowest BCUT2D eigenvalue weighted by Gasteiger charge is -2.35. The zero-order valence-corrected chi connectivity index (χ0v) is 15.0. The van der Waals surface area contributed by atoms with Gasteiger partial charge in [0.2, 0.25) is 0 Å². The standard InChI is InChI=1S/C18H22N4O4/c1-11(17(23)26-3)21-18(24)22-8-7-14-15(20-10-19-14)16(22)12-5-4-6-13(9-12)25-2/h4-6,9-11,16H,7-8H2,1-3H3,(H,19,20)(H,21,24)/t11-,16?/m0/s1. The summed E-state index contributed by atoms with van der Waals surface area (Å²) < 4.78 is 9.99. The SMILES string of the molecule is COC(=O)[C@H](C)NC(=O)N1CCc2[nH]cnc2C1c1cccc(OC)c1. The molecule has 0 saturated heterocycles. The highest BCUT2D eigenvalue weighted by Gasteiger charge is 2.35. The minimum atomic E-state index is -0.737. The Bertz CT molecular complexity index is 804. The van der Waals surface area contributed by atoms with Crippen molar-refractivity contribution in [3.63, 3.8) is 0 Å². The largest absolute Gasteiger partial charge is 0.497 e. The number of imidazole rings is 1. The normalized spacial score (nSPS) is 17.2. The second-order valence-corrected chi connectivity index (χ2v) is 6.08. The molecule has 0 aliphatic carbocycles. The number of fused-ring (bicyclic) bond motifs is 1. The fourth-order valence-electron chi connectivity index (χ4n) is 3.15. The molecule has 0 spiro atoms. The monoisotopic (exact) mass is 358 g/mol. The summed E-state index contributed by atoms with van der Waals surface area (Å²) in [6, 6.07) is 6.09. The fourth-order valence-corrected chi connectivity index (χ4v) is 3.15. The van der Waals surface area contributed by atoms with Gasteiger partial charge in [-0.2, -0.15) is 0 Å². The third-order valence-corrected chi connectivity index (χ3v) is 4.49. The number of carbonyl (C=O) groups excluding carboxylic acids is 2. The van der Waals surface area contributed by atoms with Gasteiger partial charge in [-0.05, 0) is 24.6 Å². The number of carbonyl (C=O) groups is 2. The van der Waals surface area contributed by atoms with Crippen molar-refractivity contribution in [2.45, 2.75) is 25.4 Å². The van der Waals surface area contributed by atoms with Gasteiger partial charge in [0.05, 0.1) is 26.2 Å². The number of nitrogens with one attached hydrogen (secondary N) is 2. The van der Waals surface area contributed by atoms with E-state index in [1.807, 2.05) is 24.3 Å². The molecule has 2 heterocycles. The van der Waals surface area contributed by atoms with Gasteiger partial charge >= 0.3 is 12.0 Å². The Balaban J connectivity index is 1.93. The van der Waals surface area contributed by atoms with E-state index in [-0.39, 0.29) is 12.1 Å². The Morgan fingerprint density at radius 3 is 2.92 bits per heavy atom. The molecule has 0 radical (unpaired) electrons. The second-order valence-electron chi connectivity index (χ2n) is 6.08. The first kappa shape index (κ1) is 17.8. The maximum Gasteiger partial charge on any atom is 0.328 e. The Morgan fingerprint density at radius 2 is 2.19 bits per heavy atom. The molecular weight excluding hydrogens is 336 g/mol. The zero-order chi connectivity index (χ0) is 18.7. The van der Waals surface area contributed by atoms with Crippen LogP contribution >= 0.6 is 0 Å². The van der Waals surface area contributed by atoms with Gasteiger partial charge in [0.1, 0.15) is 17.8 Å². The number of hydrogen-bond acceptors (Lipinski definition) is 5. The van der Waals surface area contributed by atoms with Gasteiger partial charge in [0.15, 0.2) is 0 Å². The molecule has 1 aliphatic rings. The smallest absolute Gasteiger partial charge is 0.328 e. The van der Waals surface area contributed by atoms with E-state index in [4.69, 9.17) is 4.74 Å². The van der Waals surface area contributed by atoms with Crippen LogP contribution in [-0.4, -0.2) is 53.7 Å². The second kappa shape index (κ2) is 7.47. The van der Waals surface area contributed by atoms with Crippen LogP contribution in [0, 0.1) is 0 Å². The summed E-state index contributed by atoms with van der Waals surface area (Å²) in [5.41, 5.74) is 2.69. The molecule has 0 bridgehead atoms. The van der Waals surface area contributed by atoms with E-state index in [1.54, 1.807) is 25.3 Å². The average Bonchev–Trinajstić information content (AvgIpc) is 3.15. The topological polar surface area (TPSA) is 96.6 Å². The van der Waals surface area contributed by atoms with Crippen molar-refractivity contribution < 1.29 is 19.1 Å². The number of esters is 1. The molecule has 2 aromatic rings. The highest BCUT2D eigenvalue weighted by molar-refractivity contribution is 5.83. The van der Waals surface area contributed by atoms with Gasteiger partial charge in [0, 0.05) is 18.7 Å². The van der Waals surface area contributed by atoms with Gasteiger partial charge in [-0.15, -0.1) is 0 Å². The molecule has 2 amide bonds. The van der Waals surface area contributed by atoms with Crippen LogP contribution in [0.1, 0.15) is 29.9 Å². The van der Waals surface area contributed by atoms with E-state index in [9.17, 15) is 9.59 Å². The van der Waals surface area contributed by atoms with Crippen LogP contribution in [0.3, 0.4) is 0 Å². The zero-order valence-electron chi connectivity index (χ0n) is 15.0. The maximum atomic E-state index is 12.8. The molecular formula is C18H22N4O4. The van der Waals surface area contributed by atoms with Gasteiger partial charge < -0.3 is 24.7 Å². The van der Waals surface area contributed by atoms with Crippen molar-refractivity contribution in [3.8, 4) is 5.75 Å². The summed E-state index contributed by atoms with van der Waals surface area (Å²) in [5, 5.41) is 2.69. The van der Waals surface area contributed by atoms with E-state index in [1.165, 1.54) is 7.11 Å². The molecule has 2 atom stereocenters.